The van der Waals surface area contributed by atoms with E-state index in [0.717, 1.165) is 9.54 Å². The van der Waals surface area contributed by atoms with E-state index in [1.807, 2.05) is 30.3 Å². The first-order valence-corrected chi connectivity index (χ1v) is 12.2. The molecule has 0 amide bonds. The smallest absolute Gasteiger partial charge is 0.244 e. The van der Waals surface area contributed by atoms with E-state index in [9.17, 15) is 12.8 Å². The predicted octanol–water partition coefficient (Wildman–Crippen LogP) is 5.07. The number of fused-ring (bicyclic) bond motifs is 1. The number of hydrogen-bond donors (Lipinski definition) is 2. The fraction of sp³-hybridized carbons (Fsp3) is 0.120. The molecule has 2 aromatic heterocycles. The summed E-state index contributed by atoms with van der Waals surface area (Å²) in [6, 6.07) is 21.2. The molecule has 0 saturated carbocycles. The van der Waals surface area contributed by atoms with E-state index in [1.165, 1.54) is 6.07 Å². The average Bonchev–Trinajstić information content (AvgIpc) is 3.40. The van der Waals surface area contributed by atoms with E-state index in [-0.39, 0.29) is 5.95 Å². The van der Waals surface area contributed by atoms with Crippen LogP contribution in [0.1, 0.15) is 13.8 Å². The van der Waals surface area contributed by atoms with E-state index in [0.29, 0.717) is 39.4 Å². The molecule has 0 atom stereocenters. The standard InChI is InChI=1S/C25H22FN5O2S/c1-15(2)34(32,33)31-21-14-17(12-13-20(21)28-25(31)27)23-22(16-8-4-3-5-9-16)29-24(30-23)18-10-6-7-11-19(18)26/h3-15H,1-2H3,(H2,27,28)(H,29,30). The minimum atomic E-state index is -3.74. The fourth-order valence-corrected chi connectivity index (χ4v) is 5.02. The van der Waals surface area contributed by atoms with Crippen molar-refractivity contribution in [3.05, 3.63) is 78.6 Å². The van der Waals surface area contributed by atoms with Crippen LogP contribution < -0.4 is 5.73 Å². The highest BCUT2D eigenvalue weighted by Crippen LogP contribution is 2.35. The van der Waals surface area contributed by atoms with Gasteiger partial charge in [0.05, 0.1) is 33.2 Å². The summed E-state index contributed by atoms with van der Waals surface area (Å²) in [4.78, 5) is 12.2. The van der Waals surface area contributed by atoms with Gasteiger partial charge in [0.25, 0.3) is 0 Å². The first-order valence-electron chi connectivity index (χ1n) is 10.7. The van der Waals surface area contributed by atoms with Gasteiger partial charge in [0.15, 0.2) is 0 Å². The first kappa shape index (κ1) is 21.8. The molecule has 5 aromatic rings. The second-order valence-corrected chi connectivity index (χ2v) is 10.5. The number of benzene rings is 3. The monoisotopic (exact) mass is 475 g/mol. The van der Waals surface area contributed by atoms with Crippen molar-refractivity contribution in [3.8, 4) is 33.9 Å². The fourth-order valence-electron chi connectivity index (χ4n) is 3.88. The normalized spacial score (nSPS) is 12.0. The molecule has 2 heterocycles. The molecule has 34 heavy (non-hydrogen) atoms. The van der Waals surface area contributed by atoms with E-state index >= 15 is 0 Å². The van der Waals surface area contributed by atoms with Crippen molar-refractivity contribution in [2.24, 2.45) is 0 Å². The molecule has 0 fully saturated rings. The summed E-state index contributed by atoms with van der Waals surface area (Å²) >= 11 is 0. The molecule has 3 N–H and O–H groups in total. The number of nitrogens with one attached hydrogen (secondary N) is 1. The maximum atomic E-state index is 14.5. The Morgan fingerprint density at radius 1 is 0.941 bits per heavy atom. The maximum Gasteiger partial charge on any atom is 0.244 e. The molecule has 0 spiro atoms. The van der Waals surface area contributed by atoms with Crippen molar-refractivity contribution in [3.63, 3.8) is 0 Å². The molecule has 0 radical (unpaired) electrons. The number of rotatable bonds is 5. The Kier molecular flexibility index (Phi) is 5.21. The van der Waals surface area contributed by atoms with E-state index < -0.39 is 21.1 Å². The molecule has 0 aliphatic rings. The molecule has 3 aromatic carbocycles. The van der Waals surface area contributed by atoms with E-state index in [4.69, 9.17) is 10.7 Å². The maximum absolute atomic E-state index is 14.5. The van der Waals surface area contributed by atoms with Crippen LogP contribution in [0.4, 0.5) is 10.3 Å². The minimum Gasteiger partial charge on any atom is -0.368 e. The lowest BCUT2D eigenvalue weighted by Crippen LogP contribution is -2.23. The van der Waals surface area contributed by atoms with Crippen LogP contribution in [-0.2, 0) is 10.0 Å². The zero-order valence-corrected chi connectivity index (χ0v) is 19.3. The summed E-state index contributed by atoms with van der Waals surface area (Å²) in [7, 11) is -3.74. The van der Waals surface area contributed by atoms with Gasteiger partial charge >= 0.3 is 0 Å². The number of H-pyrrole nitrogens is 1. The molecule has 172 valence electrons. The second kappa shape index (κ2) is 8.11. The number of aromatic amines is 1. The number of aromatic nitrogens is 4. The quantitative estimate of drug-likeness (QED) is 0.369. The van der Waals surface area contributed by atoms with Gasteiger partial charge in [-0.05, 0) is 38.1 Å². The van der Waals surface area contributed by atoms with E-state index in [2.05, 4.69) is 9.97 Å². The third kappa shape index (κ3) is 3.54. The number of nitrogen functional groups attached to an aromatic ring is 1. The zero-order valence-electron chi connectivity index (χ0n) is 18.5. The van der Waals surface area contributed by atoms with Gasteiger partial charge in [0.1, 0.15) is 11.6 Å². The highest BCUT2D eigenvalue weighted by Gasteiger charge is 2.25. The number of imidazole rings is 2. The van der Waals surface area contributed by atoms with Crippen LogP contribution in [0.15, 0.2) is 72.8 Å². The predicted molar refractivity (Wildman–Crippen MR) is 132 cm³/mol. The van der Waals surface area contributed by atoms with Crippen LogP contribution in [0.2, 0.25) is 0 Å². The highest BCUT2D eigenvalue weighted by molar-refractivity contribution is 7.90. The lowest BCUT2D eigenvalue weighted by molar-refractivity contribution is 0.580. The zero-order chi connectivity index (χ0) is 24.0. The number of nitrogens with two attached hydrogens (primary N) is 1. The SMILES string of the molecule is CC(C)S(=O)(=O)n1c(N)nc2ccc(-c3nc(-c4ccccc4F)[nH]c3-c3ccccc3)cc21. The molecule has 0 aliphatic heterocycles. The molecule has 0 unspecified atom stereocenters. The second-order valence-electron chi connectivity index (χ2n) is 8.19. The molecule has 5 rings (SSSR count). The summed E-state index contributed by atoms with van der Waals surface area (Å²) in [5.41, 5.74) is 9.88. The van der Waals surface area contributed by atoms with Crippen LogP contribution >= 0.6 is 0 Å². The molecule has 0 saturated heterocycles. The van der Waals surface area contributed by atoms with Gasteiger partial charge in [-0.15, -0.1) is 0 Å². The largest absolute Gasteiger partial charge is 0.368 e. The van der Waals surface area contributed by atoms with Gasteiger partial charge < -0.3 is 10.7 Å². The Bertz CT molecular complexity index is 1620. The first-order chi connectivity index (χ1) is 16.3. The van der Waals surface area contributed by atoms with E-state index in [1.54, 1.807) is 50.2 Å². The van der Waals surface area contributed by atoms with Crippen molar-refractivity contribution in [1.29, 1.82) is 0 Å². The summed E-state index contributed by atoms with van der Waals surface area (Å²) < 4.78 is 41.6. The summed E-state index contributed by atoms with van der Waals surface area (Å²) in [5.74, 6) is -0.125. The van der Waals surface area contributed by atoms with Gasteiger partial charge in [-0.25, -0.2) is 26.7 Å². The van der Waals surface area contributed by atoms with Crippen LogP contribution in [0.25, 0.3) is 44.9 Å². The van der Waals surface area contributed by atoms with Crippen molar-refractivity contribution < 1.29 is 12.8 Å². The van der Waals surface area contributed by atoms with Gasteiger partial charge in [0.2, 0.25) is 16.0 Å². The van der Waals surface area contributed by atoms with Crippen LogP contribution in [0, 0.1) is 5.82 Å². The van der Waals surface area contributed by atoms with Crippen molar-refractivity contribution in [2.75, 3.05) is 5.73 Å². The third-order valence-corrected chi connectivity index (χ3v) is 7.74. The van der Waals surface area contributed by atoms with Gasteiger partial charge in [-0.2, -0.15) is 0 Å². The van der Waals surface area contributed by atoms with Crippen LogP contribution in [0.3, 0.4) is 0 Å². The lowest BCUT2D eigenvalue weighted by Gasteiger charge is -2.11. The number of hydrogen-bond acceptors (Lipinski definition) is 5. The third-order valence-electron chi connectivity index (χ3n) is 5.66. The Morgan fingerprint density at radius 3 is 2.35 bits per heavy atom. The molecule has 9 heteroatoms. The molecular weight excluding hydrogens is 453 g/mol. The average molecular weight is 476 g/mol. The number of nitrogens with zero attached hydrogens (tertiary/aromatic N) is 3. The summed E-state index contributed by atoms with van der Waals surface area (Å²) in [6.07, 6.45) is 0. The van der Waals surface area contributed by atoms with Gasteiger partial charge in [0, 0.05) is 11.1 Å². The summed E-state index contributed by atoms with van der Waals surface area (Å²) in [6.45, 7) is 3.18. The van der Waals surface area contributed by atoms with Crippen molar-refractivity contribution in [2.45, 2.75) is 19.1 Å². The topological polar surface area (TPSA) is 107 Å². The number of anilines is 1. The molecular formula is C25H22FN5O2S. The Morgan fingerprint density at radius 2 is 1.65 bits per heavy atom. The molecule has 0 aliphatic carbocycles. The number of halogens is 1. The summed E-state index contributed by atoms with van der Waals surface area (Å²) in [5, 5.41) is -0.686. The lowest BCUT2D eigenvalue weighted by atomic mass is 10.0. The van der Waals surface area contributed by atoms with Gasteiger partial charge in [-0.1, -0.05) is 48.5 Å². The molecule has 0 bridgehead atoms. The van der Waals surface area contributed by atoms with Crippen molar-refractivity contribution >= 4 is 27.0 Å². The van der Waals surface area contributed by atoms with Gasteiger partial charge in [-0.3, -0.25) is 0 Å². The van der Waals surface area contributed by atoms with Crippen molar-refractivity contribution in [1.82, 2.24) is 18.9 Å². The van der Waals surface area contributed by atoms with Crippen LogP contribution in [0.5, 0.6) is 0 Å². The molecule has 7 nitrogen and oxygen atoms in total. The highest BCUT2D eigenvalue weighted by atomic mass is 32.2. The Labute approximate surface area is 196 Å². The Balaban J connectivity index is 1.76. The van der Waals surface area contributed by atoms with Crippen LogP contribution in [-0.4, -0.2) is 32.6 Å². The minimum absolute atomic E-state index is 0.0989. The Hall–Kier alpha value is -3.98.